The summed E-state index contributed by atoms with van der Waals surface area (Å²) >= 11 is 0. The van der Waals surface area contributed by atoms with Crippen molar-refractivity contribution in [3.8, 4) is 0 Å². The summed E-state index contributed by atoms with van der Waals surface area (Å²) in [7, 11) is 0. The summed E-state index contributed by atoms with van der Waals surface area (Å²) < 4.78 is 0. The van der Waals surface area contributed by atoms with Gasteiger partial charge in [-0.2, -0.15) is 0 Å². The highest BCUT2D eigenvalue weighted by Crippen LogP contribution is 2.33. The molecule has 0 bridgehead atoms. The van der Waals surface area contributed by atoms with Crippen LogP contribution in [0.3, 0.4) is 0 Å². The van der Waals surface area contributed by atoms with E-state index >= 15 is 0 Å². The summed E-state index contributed by atoms with van der Waals surface area (Å²) in [5.41, 5.74) is 1.48. The van der Waals surface area contributed by atoms with Gasteiger partial charge in [-0.05, 0) is 37.5 Å². The van der Waals surface area contributed by atoms with E-state index in [2.05, 4.69) is 0 Å². The van der Waals surface area contributed by atoms with E-state index in [1.807, 2.05) is 0 Å². The van der Waals surface area contributed by atoms with Crippen molar-refractivity contribution in [2.24, 2.45) is 16.8 Å². The lowest BCUT2D eigenvalue weighted by Crippen LogP contribution is -2.28. The molecular formula is C15H27NO. The first-order chi connectivity index (χ1) is 8.42. The molecular weight excluding hydrogens is 210 g/mol. The van der Waals surface area contributed by atoms with Gasteiger partial charge in [-0.15, -0.1) is 0 Å². The summed E-state index contributed by atoms with van der Waals surface area (Å²) in [5, 5.41) is 9.00. The Morgan fingerprint density at radius 1 is 0.824 bits per heavy atom. The van der Waals surface area contributed by atoms with Crippen LogP contribution in [0.5, 0.6) is 0 Å². The zero-order valence-corrected chi connectivity index (χ0v) is 11.0. The van der Waals surface area contributed by atoms with Crippen molar-refractivity contribution in [3.63, 3.8) is 0 Å². The minimum atomic E-state index is 0.211. The first-order valence-corrected chi connectivity index (χ1v) is 7.57. The first-order valence-electron chi connectivity index (χ1n) is 7.57. The molecule has 0 spiro atoms. The molecule has 0 atom stereocenters. The smallest absolute Gasteiger partial charge is 0.0626 e. The molecule has 0 saturated heterocycles. The molecule has 1 N–H and O–H groups in total. The van der Waals surface area contributed by atoms with Crippen LogP contribution in [0.25, 0.3) is 0 Å². The Kier molecular flexibility index (Phi) is 5.50. The van der Waals surface area contributed by atoms with Gasteiger partial charge >= 0.3 is 0 Å². The molecule has 2 rings (SSSR count). The average Bonchev–Trinajstić information content (AvgIpc) is 2.42. The Hall–Kier alpha value is -0.370. The Bertz CT molecular complexity index is 217. The number of aliphatic imine (C=N–C) groups is 1. The highest BCUT2D eigenvalue weighted by molar-refractivity contribution is 5.89. The van der Waals surface area contributed by atoms with Crippen molar-refractivity contribution in [2.75, 3.05) is 13.2 Å². The molecule has 98 valence electrons. The van der Waals surface area contributed by atoms with Gasteiger partial charge < -0.3 is 5.11 Å². The molecule has 0 aromatic rings. The summed E-state index contributed by atoms with van der Waals surface area (Å²) in [4.78, 5) is 4.76. The van der Waals surface area contributed by atoms with E-state index in [4.69, 9.17) is 10.1 Å². The van der Waals surface area contributed by atoms with Crippen LogP contribution in [-0.2, 0) is 0 Å². The number of aliphatic hydroxyl groups excluding tert-OH is 1. The van der Waals surface area contributed by atoms with Gasteiger partial charge in [-0.1, -0.05) is 38.5 Å². The molecule has 0 amide bonds. The fourth-order valence-corrected chi connectivity index (χ4v) is 3.57. The molecule has 2 nitrogen and oxygen atoms in total. The summed E-state index contributed by atoms with van der Waals surface area (Å²) in [6.45, 7) is 0.839. The van der Waals surface area contributed by atoms with E-state index in [1.165, 1.54) is 69.9 Å². The van der Waals surface area contributed by atoms with E-state index in [9.17, 15) is 0 Å². The predicted molar refractivity (Wildman–Crippen MR) is 72.5 cm³/mol. The minimum Gasteiger partial charge on any atom is -0.394 e. The van der Waals surface area contributed by atoms with Crippen molar-refractivity contribution >= 4 is 5.71 Å². The zero-order chi connectivity index (χ0) is 11.9. The molecule has 2 aliphatic rings. The molecule has 0 aromatic heterocycles. The lowest BCUT2D eigenvalue weighted by atomic mass is 9.76. The number of hydrogen-bond donors (Lipinski definition) is 1. The topological polar surface area (TPSA) is 32.6 Å². The lowest BCUT2D eigenvalue weighted by Gasteiger charge is -2.31. The maximum absolute atomic E-state index is 9.00. The SMILES string of the molecule is OCCN=C(C1CCCCC1)C1CCCCC1. The van der Waals surface area contributed by atoms with Crippen LogP contribution in [0.15, 0.2) is 4.99 Å². The van der Waals surface area contributed by atoms with Gasteiger partial charge in [0, 0.05) is 5.71 Å². The molecule has 0 aromatic carbocycles. The van der Waals surface area contributed by atoms with Gasteiger partial charge in [0.15, 0.2) is 0 Å². The van der Waals surface area contributed by atoms with Crippen LogP contribution in [0, 0.1) is 11.8 Å². The van der Waals surface area contributed by atoms with Crippen molar-refractivity contribution < 1.29 is 5.11 Å². The van der Waals surface area contributed by atoms with Gasteiger partial charge in [0.05, 0.1) is 13.2 Å². The summed E-state index contributed by atoms with van der Waals surface area (Å²) in [5.74, 6) is 1.50. The van der Waals surface area contributed by atoms with Crippen LogP contribution in [0.1, 0.15) is 64.2 Å². The van der Waals surface area contributed by atoms with Crippen molar-refractivity contribution in [3.05, 3.63) is 0 Å². The molecule has 0 unspecified atom stereocenters. The van der Waals surface area contributed by atoms with Crippen LogP contribution in [0.4, 0.5) is 0 Å². The predicted octanol–water partition coefficient (Wildman–Crippen LogP) is 3.58. The van der Waals surface area contributed by atoms with Crippen LogP contribution in [0.2, 0.25) is 0 Å². The number of nitrogens with zero attached hydrogens (tertiary/aromatic N) is 1. The Morgan fingerprint density at radius 3 is 1.71 bits per heavy atom. The third kappa shape index (κ3) is 3.80. The molecule has 2 saturated carbocycles. The second-order valence-electron chi connectivity index (χ2n) is 5.70. The normalized spacial score (nSPS) is 23.6. The quantitative estimate of drug-likeness (QED) is 0.745. The van der Waals surface area contributed by atoms with Crippen LogP contribution in [-0.4, -0.2) is 24.0 Å². The maximum atomic E-state index is 9.00. The van der Waals surface area contributed by atoms with E-state index in [0.29, 0.717) is 6.54 Å². The monoisotopic (exact) mass is 237 g/mol. The number of hydrogen-bond acceptors (Lipinski definition) is 2. The highest BCUT2D eigenvalue weighted by Gasteiger charge is 2.26. The van der Waals surface area contributed by atoms with E-state index in [1.54, 1.807) is 0 Å². The maximum Gasteiger partial charge on any atom is 0.0626 e. The second-order valence-corrected chi connectivity index (χ2v) is 5.70. The van der Waals surface area contributed by atoms with Gasteiger partial charge in [0.1, 0.15) is 0 Å². The zero-order valence-electron chi connectivity index (χ0n) is 11.0. The van der Waals surface area contributed by atoms with E-state index in [-0.39, 0.29) is 6.61 Å². The average molecular weight is 237 g/mol. The van der Waals surface area contributed by atoms with Gasteiger partial charge in [-0.25, -0.2) is 0 Å². The first kappa shape index (κ1) is 13.1. The fourth-order valence-electron chi connectivity index (χ4n) is 3.57. The second kappa shape index (κ2) is 7.15. The Labute approximate surface area is 106 Å². The number of rotatable bonds is 4. The molecule has 0 heterocycles. The Morgan fingerprint density at radius 2 is 1.29 bits per heavy atom. The van der Waals surface area contributed by atoms with Crippen molar-refractivity contribution in [1.29, 1.82) is 0 Å². The largest absolute Gasteiger partial charge is 0.394 e. The van der Waals surface area contributed by atoms with E-state index in [0.717, 1.165) is 11.8 Å². The lowest BCUT2D eigenvalue weighted by molar-refractivity contribution is 0.305. The minimum absolute atomic E-state index is 0.211. The van der Waals surface area contributed by atoms with E-state index < -0.39 is 0 Å². The summed E-state index contributed by atoms with van der Waals surface area (Å²) in [6.07, 6.45) is 13.8. The third-order valence-electron chi connectivity index (χ3n) is 4.44. The van der Waals surface area contributed by atoms with Gasteiger partial charge in [0.2, 0.25) is 0 Å². The van der Waals surface area contributed by atoms with Gasteiger partial charge in [-0.3, -0.25) is 4.99 Å². The van der Waals surface area contributed by atoms with Crippen molar-refractivity contribution in [2.45, 2.75) is 64.2 Å². The van der Waals surface area contributed by atoms with Crippen molar-refractivity contribution in [1.82, 2.24) is 0 Å². The molecule has 2 aliphatic carbocycles. The Balaban J connectivity index is 2.00. The third-order valence-corrected chi connectivity index (χ3v) is 4.44. The molecule has 0 radical (unpaired) electrons. The molecule has 17 heavy (non-hydrogen) atoms. The standard InChI is InChI=1S/C15H27NO/c17-12-11-16-15(13-7-3-1-4-8-13)14-9-5-2-6-10-14/h13-14,17H,1-12H2. The van der Waals surface area contributed by atoms with Crippen LogP contribution >= 0.6 is 0 Å². The van der Waals surface area contributed by atoms with Gasteiger partial charge in [0.25, 0.3) is 0 Å². The number of aliphatic hydroxyl groups is 1. The fraction of sp³-hybridized carbons (Fsp3) is 0.933. The molecule has 2 heteroatoms. The summed E-state index contributed by atoms with van der Waals surface area (Å²) in [6, 6.07) is 0. The molecule has 0 aliphatic heterocycles. The molecule has 2 fully saturated rings. The van der Waals surface area contributed by atoms with Crippen LogP contribution < -0.4 is 0 Å². The highest BCUT2D eigenvalue weighted by atomic mass is 16.3.